The molecule has 5 heteroatoms. The van der Waals surface area contributed by atoms with Gasteiger partial charge in [-0.25, -0.2) is 4.79 Å². The lowest BCUT2D eigenvalue weighted by Crippen LogP contribution is -2.08. The van der Waals surface area contributed by atoms with Gasteiger partial charge in [0.2, 0.25) is 0 Å². The summed E-state index contributed by atoms with van der Waals surface area (Å²) >= 11 is 6.48. The second kappa shape index (κ2) is 6.91. The summed E-state index contributed by atoms with van der Waals surface area (Å²) in [5.41, 5.74) is 2.36. The molecule has 0 atom stereocenters. The molecule has 0 saturated heterocycles. The molecule has 0 aromatic heterocycles. The summed E-state index contributed by atoms with van der Waals surface area (Å²) in [5.74, 6) is -0.261. The molecule has 0 unspecified atom stereocenters. The van der Waals surface area contributed by atoms with Crippen molar-refractivity contribution in [3.05, 3.63) is 34.9 Å². The minimum absolute atomic E-state index is 0.109. The van der Waals surface area contributed by atoms with Crippen molar-refractivity contribution >= 4 is 43.6 Å². The van der Waals surface area contributed by atoms with Crippen LogP contribution in [0.5, 0.6) is 0 Å². The van der Waals surface area contributed by atoms with Crippen LogP contribution in [0.3, 0.4) is 0 Å². The monoisotopic (exact) mass is 362 g/mol. The normalized spacial score (nSPS) is 10.1. The molecule has 1 aromatic rings. The van der Waals surface area contributed by atoms with E-state index in [1.165, 1.54) is 7.11 Å². The van der Waals surface area contributed by atoms with Crippen LogP contribution >= 0.6 is 31.9 Å². The maximum Gasteiger partial charge on any atom is 0.337 e. The molecule has 0 N–H and O–H groups in total. The molecule has 0 heterocycles. The van der Waals surface area contributed by atoms with E-state index in [1.807, 2.05) is 0 Å². The minimum atomic E-state index is -0.370. The number of carbonyl (C=O) groups excluding carboxylic acids is 2. The molecule has 0 aliphatic heterocycles. The number of hydrogen-bond donors (Lipinski definition) is 0. The first-order valence-electron chi connectivity index (χ1n) is 4.96. The second-order valence-corrected chi connectivity index (χ2v) is 4.58. The third-order valence-corrected chi connectivity index (χ3v) is 3.54. The lowest BCUT2D eigenvalue weighted by molar-refractivity contribution is -0.115. The van der Waals surface area contributed by atoms with Crippen molar-refractivity contribution in [2.45, 2.75) is 11.8 Å². The van der Waals surface area contributed by atoms with Crippen LogP contribution in [0.15, 0.2) is 18.2 Å². The summed E-state index contributed by atoms with van der Waals surface area (Å²) < 4.78 is 4.65. The molecule has 3 nitrogen and oxygen atoms in total. The number of rotatable bonds is 5. The van der Waals surface area contributed by atoms with E-state index in [9.17, 15) is 9.59 Å². The van der Waals surface area contributed by atoms with Gasteiger partial charge in [-0.05, 0) is 23.3 Å². The zero-order chi connectivity index (χ0) is 12.8. The Hall–Kier alpha value is -0.680. The molecule has 92 valence electrons. The lowest BCUT2D eigenvalue weighted by Gasteiger charge is -2.08. The third-order valence-electron chi connectivity index (χ3n) is 2.31. The molecule has 1 rings (SSSR count). The van der Waals surface area contributed by atoms with Crippen LogP contribution in [-0.2, 0) is 21.3 Å². The maximum absolute atomic E-state index is 11.4. The van der Waals surface area contributed by atoms with Crippen molar-refractivity contribution in [3.63, 3.8) is 0 Å². The molecular formula is C12H12Br2O3. The van der Waals surface area contributed by atoms with Gasteiger partial charge >= 0.3 is 5.97 Å². The van der Waals surface area contributed by atoms with Gasteiger partial charge < -0.3 is 4.74 Å². The first-order valence-corrected chi connectivity index (χ1v) is 7.20. The maximum atomic E-state index is 11.4. The molecule has 0 radical (unpaired) electrons. The average molecular weight is 364 g/mol. The predicted octanol–water partition coefficient (Wildman–Crippen LogP) is 2.87. The van der Waals surface area contributed by atoms with Crippen LogP contribution in [-0.4, -0.2) is 24.2 Å². The fraction of sp³-hybridized carbons (Fsp3) is 0.333. The van der Waals surface area contributed by atoms with Crippen molar-refractivity contribution in [2.75, 3.05) is 12.4 Å². The third kappa shape index (κ3) is 3.92. The first-order chi connectivity index (χ1) is 8.12. The van der Waals surface area contributed by atoms with Gasteiger partial charge in [-0.3, -0.25) is 4.79 Å². The van der Waals surface area contributed by atoms with E-state index in [0.717, 1.165) is 11.1 Å². The fourth-order valence-corrected chi connectivity index (χ4v) is 2.15. The Bertz CT molecular complexity index is 430. The van der Waals surface area contributed by atoms with Gasteiger partial charge in [0, 0.05) is 11.8 Å². The van der Waals surface area contributed by atoms with Gasteiger partial charge in [0.05, 0.1) is 18.0 Å². The number of hydrogen-bond acceptors (Lipinski definition) is 3. The molecular weight excluding hydrogens is 352 g/mol. The number of methoxy groups -OCH3 is 1. The van der Waals surface area contributed by atoms with Gasteiger partial charge in [0.1, 0.15) is 5.78 Å². The van der Waals surface area contributed by atoms with Crippen molar-refractivity contribution < 1.29 is 14.3 Å². The Morgan fingerprint density at radius 2 is 1.94 bits per heavy atom. The summed E-state index contributed by atoms with van der Waals surface area (Å²) in [7, 11) is 1.35. The van der Waals surface area contributed by atoms with Crippen LogP contribution in [0.4, 0.5) is 0 Å². The smallest absolute Gasteiger partial charge is 0.337 e. The van der Waals surface area contributed by atoms with Crippen LogP contribution in [0.1, 0.15) is 21.5 Å². The summed E-state index contributed by atoms with van der Waals surface area (Å²) in [6, 6.07) is 5.22. The topological polar surface area (TPSA) is 43.4 Å². The summed E-state index contributed by atoms with van der Waals surface area (Å²) in [5, 5.41) is 0.941. The first kappa shape index (κ1) is 14.4. The number of esters is 1. The van der Waals surface area contributed by atoms with Crippen molar-refractivity contribution in [1.82, 2.24) is 0 Å². The van der Waals surface area contributed by atoms with E-state index in [4.69, 9.17) is 0 Å². The highest BCUT2D eigenvalue weighted by atomic mass is 79.9. The number of Topliss-reactive ketones (excluding diaryl/α,β-unsaturated/α-hetero) is 1. The van der Waals surface area contributed by atoms with Crippen molar-refractivity contribution in [3.8, 4) is 0 Å². The zero-order valence-electron chi connectivity index (χ0n) is 9.33. The van der Waals surface area contributed by atoms with E-state index in [2.05, 4.69) is 36.6 Å². The SMILES string of the molecule is COC(=O)c1ccc(CC(=O)CBr)c(CBr)c1. The van der Waals surface area contributed by atoms with Crippen LogP contribution in [0.2, 0.25) is 0 Å². The van der Waals surface area contributed by atoms with E-state index in [1.54, 1.807) is 18.2 Å². The Kier molecular flexibility index (Phi) is 5.85. The number of alkyl halides is 2. The summed E-state index contributed by atoms with van der Waals surface area (Å²) in [6.07, 6.45) is 0.369. The van der Waals surface area contributed by atoms with Crippen molar-refractivity contribution in [1.29, 1.82) is 0 Å². The van der Waals surface area contributed by atoms with E-state index in [-0.39, 0.29) is 11.8 Å². The number of carbonyl (C=O) groups is 2. The van der Waals surface area contributed by atoms with Gasteiger partial charge in [0.15, 0.2) is 0 Å². The van der Waals surface area contributed by atoms with Gasteiger partial charge in [-0.2, -0.15) is 0 Å². The molecule has 0 amide bonds. The molecule has 0 fully saturated rings. The van der Waals surface area contributed by atoms with E-state index < -0.39 is 0 Å². The number of ketones is 1. The highest BCUT2D eigenvalue weighted by Crippen LogP contribution is 2.17. The number of ether oxygens (including phenoxy) is 1. The van der Waals surface area contributed by atoms with Gasteiger partial charge in [-0.15, -0.1) is 0 Å². The minimum Gasteiger partial charge on any atom is -0.465 e. The van der Waals surface area contributed by atoms with Gasteiger partial charge in [-0.1, -0.05) is 37.9 Å². The number of benzene rings is 1. The second-order valence-electron chi connectivity index (χ2n) is 3.46. The molecule has 0 bridgehead atoms. The number of halogens is 2. The van der Waals surface area contributed by atoms with Crippen LogP contribution in [0.25, 0.3) is 0 Å². The van der Waals surface area contributed by atoms with Crippen LogP contribution < -0.4 is 0 Å². The molecule has 0 aliphatic rings. The zero-order valence-corrected chi connectivity index (χ0v) is 12.5. The van der Waals surface area contributed by atoms with Crippen molar-refractivity contribution in [2.24, 2.45) is 0 Å². The Morgan fingerprint density at radius 1 is 1.24 bits per heavy atom. The fourth-order valence-electron chi connectivity index (χ4n) is 1.43. The van der Waals surface area contributed by atoms with Gasteiger partial charge in [0.25, 0.3) is 0 Å². The standard InChI is InChI=1S/C12H12Br2O3/c1-17-12(16)9-3-2-8(5-11(15)7-14)10(4-9)6-13/h2-4H,5-7H2,1H3. The molecule has 0 saturated carbocycles. The highest BCUT2D eigenvalue weighted by Gasteiger charge is 2.11. The predicted molar refractivity (Wildman–Crippen MR) is 72.9 cm³/mol. The molecule has 1 aromatic carbocycles. The molecule has 0 spiro atoms. The van der Waals surface area contributed by atoms with Crippen LogP contribution in [0, 0.1) is 0 Å². The summed E-state index contributed by atoms with van der Waals surface area (Å²) in [6.45, 7) is 0. The van der Waals surface area contributed by atoms with E-state index >= 15 is 0 Å². The average Bonchev–Trinajstić information content (AvgIpc) is 2.37. The quantitative estimate of drug-likeness (QED) is 0.596. The van der Waals surface area contributed by atoms with E-state index in [0.29, 0.717) is 22.6 Å². The summed E-state index contributed by atoms with van der Waals surface area (Å²) in [4.78, 5) is 22.7. The Balaban J connectivity index is 3.01. The molecule has 0 aliphatic carbocycles. The molecule has 17 heavy (non-hydrogen) atoms. The Labute approximate surface area is 117 Å². The highest BCUT2D eigenvalue weighted by molar-refractivity contribution is 9.09. The Morgan fingerprint density at radius 3 is 2.47 bits per heavy atom. The lowest BCUT2D eigenvalue weighted by atomic mass is 10.0. The largest absolute Gasteiger partial charge is 0.465 e.